The van der Waals surface area contributed by atoms with Crippen LogP contribution in [0.1, 0.15) is 60.8 Å². The molecule has 13 heavy (non-hydrogen) atoms. The Hall–Kier alpha value is 0.290. The van der Waals surface area contributed by atoms with Gasteiger partial charge in [0.05, 0.1) is 0 Å². The van der Waals surface area contributed by atoms with E-state index in [2.05, 4.69) is 41.5 Å². The van der Waals surface area contributed by atoms with Crippen LogP contribution >= 0.6 is 11.6 Å². The summed E-state index contributed by atoms with van der Waals surface area (Å²) in [5.41, 5.74) is 0.431. The second-order valence-corrected chi connectivity index (χ2v) is 6.54. The van der Waals surface area contributed by atoms with Crippen LogP contribution < -0.4 is 0 Å². The Morgan fingerprint density at radius 1 is 1.08 bits per heavy atom. The maximum Gasteiger partial charge on any atom is 0.0390 e. The van der Waals surface area contributed by atoms with E-state index in [1.54, 1.807) is 0 Å². The summed E-state index contributed by atoms with van der Waals surface area (Å²) >= 11 is 6.19. The van der Waals surface area contributed by atoms with Crippen molar-refractivity contribution in [1.29, 1.82) is 0 Å². The first-order chi connectivity index (χ1) is 5.69. The van der Waals surface area contributed by atoms with Crippen molar-refractivity contribution < 1.29 is 0 Å². The standard InChI is InChI=1S/C12H25Cl/c1-7-10(2)11(3,4)8-9-12(5,6)13/h10H,7-9H2,1-6H3. The Balaban J connectivity index is 4.03. The fourth-order valence-corrected chi connectivity index (χ4v) is 1.51. The Morgan fingerprint density at radius 3 is 1.85 bits per heavy atom. The normalized spacial score (nSPS) is 15.9. The maximum atomic E-state index is 6.19. The molecule has 0 bridgehead atoms. The van der Waals surface area contributed by atoms with Crippen LogP contribution in [0.5, 0.6) is 0 Å². The van der Waals surface area contributed by atoms with Crippen molar-refractivity contribution >= 4 is 11.6 Å². The van der Waals surface area contributed by atoms with Gasteiger partial charge in [0.1, 0.15) is 0 Å². The van der Waals surface area contributed by atoms with Crippen LogP contribution in [0.15, 0.2) is 0 Å². The number of hydrogen-bond acceptors (Lipinski definition) is 0. The van der Waals surface area contributed by atoms with Crippen molar-refractivity contribution in [3.05, 3.63) is 0 Å². The van der Waals surface area contributed by atoms with Crippen LogP contribution in [0.3, 0.4) is 0 Å². The van der Waals surface area contributed by atoms with Gasteiger partial charge < -0.3 is 0 Å². The third-order valence-electron chi connectivity index (χ3n) is 3.31. The molecule has 0 aromatic carbocycles. The molecular formula is C12H25Cl. The predicted molar refractivity (Wildman–Crippen MR) is 62.4 cm³/mol. The molecule has 0 saturated carbocycles. The van der Waals surface area contributed by atoms with Crippen LogP contribution in [0.2, 0.25) is 0 Å². The van der Waals surface area contributed by atoms with Gasteiger partial charge in [0, 0.05) is 4.87 Å². The fourth-order valence-electron chi connectivity index (χ4n) is 1.42. The monoisotopic (exact) mass is 204 g/mol. The van der Waals surface area contributed by atoms with E-state index in [9.17, 15) is 0 Å². The predicted octanol–water partition coefficient (Wildman–Crippen LogP) is 4.86. The molecule has 80 valence electrons. The minimum absolute atomic E-state index is 0.0370. The second kappa shape index (κ2) is 4.68. The van der Waals surface area contributed by atoms with E-state index in [1.807, 2.05) is 0 Å². The first-order valence-electron chi connectivity index (χ1n) is 5.38. The highest BCUT2D eigenvalue weighted by molar-refractivity contribution is 6.23. The maximum absolute atomic E-state index is 6.19. The molecule has 0 aromatic heterocycles. The van der Waals surface area contributed by atoms with Gasteiger partial charge in [0.15, 0.2) is 0 Å². The summed E-state index contributed by atoms with van der Waals surface area (Å²) in [6, 6.07) is 0. The van der Waals surface area contributed by atoms with Gasteiger partial charge in [-0.15, -0.1) is 11.6 Å². The fraction of sp³-hybridized carbons (Fsp3) is 1.00. The Labute approximate surface area is 89.1 Å². The first kappa shape index (κ1) is 13.3. The third kappa shape index (κ3) is 5.57. The number of rotatable bonds is 5. The van der Waals surface area contributed by atoms with Gasteiger partial charge in [-0.1, -0.05) is 34.1 Å². The zero-order valence-electron chi connectivity index (χ0n) is 10.1. The molecule has 0 nitrogen and oxygen atoms in total. The molecule has 0 aliphatic carbocycles. The molecule has 0 N–H and O–H groups in total. The molecule has 0 aliphatic heterocycles. The average molecular weight is 205 g/mol. The highest BCUT2D eigenvalue weighted by Gasteiger charge is 2.26. The SMILES string of the molecule is CCC(C)C(C)(C)CCC(C)(C)Cl. The third-order valence-corrected chi connectivity index (χ3v) is 3.50. The molecule has 0 heterocycles. The minimum atomic E-state index is -0.0370. The van der Waals surface area contributed by atoms with E-state index in [-0.39, 0.29) is 4.87 Å². The quantitative estimate of drug-likeness (QED) is 0.562. The van der Waals surface area contributed by atoms with Crippen LogP contribution in [-0.4, -0.2) is 4.87 Å². The lowest BCUT2D eigenvalue weighted by atomic mass is 9.74. The van der Waals surface area contributed by atoms with E-state index < -0.39 is 0 Å². The topological polar surface area (TPSA) is 0 Å². The zero-order chi connectivity index (χ0) is 10.7. The summed E-state index contributed by atoms with van der Waals surface area (Å²) in [4.78, 5) is -0.0370. The summed E-state index contributed by atoms with van der Waals surface area (Å²) in [5, 5.41) is 0. The lowest BCUT2D eigenvalue weighted by Gasteiger charge is -2.33. The molecule has 0 amide bonds. The largest absolute Gasteiger partial charge is 0.120 e. The van der Waals surface area contributed by atoms with E-state index >= 15 is 0 Å². The second-order valence-electron chi connectivity index (χ2n) is 5.52. The molecule has 0 radical (unpaired) electrons. The summed E-state index contributed by atoms with van der Waals surface area (Å²) < 4.78 is 0. The van der Waals surface area contributed by atoms with Gasteiger partial charge in [-0.05, 0) is 38.0 Å². The van der Waals surface area contributed by atoms with Crippen LogP contribution in [-0.2, 0) is 0 Å². The van der Waals surface area contributed by atoms with Gasteiger partial charge in [-0.3, -0.25) is 0 Å². The van der Waals surface area contributed by atoms with E-state index in [1.165, 1.54) is 12.8 Å². The van der Waals surface area contributed by atoms with Crippen molar-refractivity contribution in [2.45, 2.75) is 65.7 Å². The summed E-state index contributed by atoms with van der Waals surface area (Å²) in [5.74, 6) is 0.784. The lowest BCUT2D eigenvalue weighted by molar-refractivity contribution is 0.195. The van der Waals surface area contributed by atoms with Gasteiger partial charge in [0.2, 0.25) is 0 Å². The van der Waals surface area contributed by atoms with E-state index in [0.29, 0.717) is 5.41 Å². The van der Waals surface area contributed by atoms with Gasteiger partial charge in [-0.2, -0.15) is 0 Å². The average Bonchev–Trinajstić information content (AvgIpc) is 1.98. The van der Waals surface area contributed by atoms with Gasteiger partial charge in [-0.25, -0.2) is 0 Å². The molecule has 1 unspecified atom stereocenters. The molecular weight excluding hydrogens is 180 g/mol. The van der Waals surface area contributed by atoms with Gasteiger partial charge >= 0.3 is 0 Å². The zero-order valence-corrected chi connectivity index (χ0v) is 10.8. The smallest absolute Gasteiger partial charge is 0.0390 e. The van der Waals surface area contributed by atoms with E-state index in [4.69, 9.17) is 11.6 Å². The minimum Gasteiger partial charge on any atom is -0.120 e. The molecule has 0 aromatic rings. The van der Waals surface area contributed by atoms with E-state index in [0.717, 1.165) is 12.3 Å². The molecule has 0 saturated heterocycles. The molecule has 0 aliphatic rings. The number of halogens is 1. The molecule has 1 heteroatoms. The van der Waals surface area contributed by atoms with Crippen molar-refractivity contribution in [2.24, 2.45) is 11.3 Å². The van der Waals surface area contributed by atoms with Crippen LogP contribution in [0, 0.1) is 11.3 Å². The highest BCUT2D eigenvalue weighted by atomic mass is 35.5. The van der Waals surface area contributed by atoms with Crippen molar-refractivity contribution in [3.8, 4) is 0 Å². The Kier molecular flexibility index (Phi) is 4.79. The Morgan fingerprint density at radius 2 is 1.54 bits per heavy atom. The molecule has 0 spiro atoms. The van der Waals surface area contributed by atoms with Crippen molar-refractivity contribution in [3.63, 3.8) is 0 Å². The van der Waals surface area contributed by atoms with Crippen LogP contribution in [0.4, 0.5) is 0 Å². The number of hydrogen-bond donors (Lipinski definition) is 0. The van der Waals surface area contributed by atoms with Crippen molar-refractivity contribution in [1.82, 2.24) is 0 Å². The highest BCUT2D eigenvalue weighted by Crippen LogP contribution is 2.36. The summed E-state index contributed by atoms with van der Waals surface area (Å²) in [7, 11) is 0. The van der Waals surface area contributed by atoms with Gasteiger partial charge in [0.25, 0.3) is 0 Å². The Bertz CT molecular complexity index is 142. The first-order valence-corrected chi connectivity index (χ1v) is 5.76. The van der Waals surface area contributed by atoms with Crippen molar-refractivity contribution in [2.75, 3.05) is 0 Å². The molecule has 1 atom stereocenters. The van der Waals surface area contributed by atoms with Crippen LogP contribution in [0.25, 0.3) is 0 Å². The lowest BCUT2D eigenvalue weighted by Crippen LogP contribution is -2.24. The number of alkyl halides is 1. The summed E-state index contributed by atoms with van der Waals surface area (Å²) in [6.07, 6.45) is 3.58. The molecule has 0 fully saturated rings. The summed E-state index contributed by atoms with van der Waals surface area (Å²) in [6.45, 7) is 13.5. The molecule has 0 rings (SSSR count).